The van der Waals surface area contributed by atoms with Crippen molar-refractivity contribution in [2.75, 3.05) is 18.5 Å². The maximum atomic E-state index is 12.1. The number of Topliss-reactive ketones (excluding diaryl/α,β-unsaturated/α-hetero) is 1. The molecule has 0 radical (unpaired) electrons. The number of hydrogen-bond donors (Lipinski definition) is 1. The third-order valence-corrected chi connectivity index (χ3v) is 5.23. The van der Waals surface area contributed by atoms with Crippen LogP contribution in [0, 0.1) is 0 Å². The van der Waals surface area contributed by atoms with Crippen LogP contribution < -0.4 is 10.1 Å². The zero-order valence-corrected chi connectivity index (χ0v) is 17.7. The number of rotatable bonds is 8. The predicted molar refractivity (Wildman–Crippen MR) is 116 cm³/mol. The predicted octanol–water partition coefficient (Wildman–Crippen LogP) is 5.11. The summed E-state index contributed by atoms with van der Waals surface area (Å²) in [6, 6.07) is 14.2. The fraction of sp³-hybridized carbons (Fsp3) is 0.0952. The highest BCUT2D eigenvalue weighted by molar-refractivity contribution is 7.12. The van der Waals surface area contributed by atoms with Crippen LogP contribution in [0.2, 0.25) is 10.0 Å². The Labute approximate surface area is 186 Å². The summed E-state index contributed by atoms with van der Waals surface area (Å²) in [6.07, 6.45) is 0. The van der Waals surface area contributed by atoms with Gasteiger partial charge in [0.05, 0.1) is 15.5 Å². The van der Waals surface area contributed by atoms with Crippen LogP contribution in [0.1, 0.15) is 20.0 Å². The Balaban J connectivity index is 1.48. The summed E-state index contributed by atoms with van der Waals surface area (Å²) in [5.74, 6) is -0.953. The monoisotopic (exact) mass is 463 g/mol. The van der Waals surface area contributed by atoms with E-state index in [1.54, 1.807) is 41.8 Å². The molecular weight excluding hydrogens is 449 g/mol. The molecule has 0 fully saturated rings. The minimum absolute atomic E-state index is 0.254. The Morgan fingerprint density at radius 2 is 1.73 bits per heavy atom. The summed E-state index contributed by atoms with van der Waals surface area (Å²) in [6.45, 7) is -0.585. The molecule has 0 spiro atoms. The molecule has 3 rings (SSSR count). The van der Waals surface area contributed by atoms with Crippen molar-refractivity contribution >= 4 is 57.9 Å². The van der Waals surface area contributed by atoms with E-state index < -0.39 is 11.9 Å². The van der Waals surface area contributed by atoms with E-state index in [1.807, 2.05) is 0 Å². The Kier molecular flexibility index (Phi) is 7.46. The van der Waals surface area contributed by atoms with Crippen molar-refractivity contribution in [1.29, 1.82) is 0 Å². The van der Waals surface area contributed by atoms with Gasteiger partial charge in [-0.15, -0.1) is 11.3 Å². The normalized spacial score (nSPS) is 10.3. The number of thiophene rings is 1. The van der Waals surface area contributed by atoms with Crippen LogP contribution >= 0.6 is 34.5 Å². The third kappa shape index (κ3) is 6.06. The van der Waals surface area contributed by atoms with Crippen LogP contribution in [-0.4, -0.2) is 30.9 Å². The van der Waals surface area contributed by atoms with Gasteiger partial charge in [-0.3, -0.25) is 9.59 Å². The number of ether oxygens (including phenoxy) is 2. The SMILES string of the molecule is O=C(COc1ccc(Cl)cc1Cl)Nc1ccc(C(=O)OCC(=O)c2cccs2)cc1. The van der Waals surface area contributed by atoms with Gasteiger partial charge < -0.3 is 14.8 Å². The van der Waals surface area contributed by atoms with Gasteiger partial charge in [0.1, 0.15) is 5.75 Å². The van der Waals surface area contributed by atoms with Gasteiger partial charge in [-0.05, 0) is 53.9 Å². The summed E-state index contributed by atoms with van der Waals surface area (Å²) < 4.78 is 10.4. The first kappa shape index (κ1) is 21.8. The molecule has 1 heterocycles. The van der Waals surface area contributed by atoms with E-state index in [0.29, 0.717) is 26.4 Å². The number of halogens is 2. The molecule has 0 saturated carbocycles. The zero-order valence-electron chi connectivity index (χ0n) is 15.4. The van der Waals surface area contributed by atoms with E-state index in [2.05, 4.69) is 5.32 Å². The Bertz CT molecular complexity index is 1050. The highest BCUT2D eigenvalue weighted by atomic mass is 35.5. The van der Waals surface area contributed by atoms with Gasteiger partial charge in [0.15, 0.2) is 13.2 Å². The number of amides is 1. The third-order valence-electron chi connectivity index (χ3n) is 3.79. The van der Waals surface area contributed by atoms with E-state index in [9.17, 15) is 14.4 Å². The van der Waals surface area contributed by atoms with Gasteiger partial charge in [0.2, 0.25) is 5.78 Å². The molecule has 2 aromatic carbocycles. The smallest absolute Gasteiger partial charge is 0.338 e. The van der Waals surface area contributed by atoms with E-state index in [-0.39, 0.29) is 24.6 Å². The number of esters is 1. The Morgan fingerprint density at radius 1 is 0.967 bits per heavy atom. The molecule has 0 atom stereocenters. The van der Waals surface area contributed by atoms with Crippen molar-refractivity contribution in [2.45, 2.75) is 0 Å². The minimum atomic E-state index is -0.626. The van der Waals surface area contributed by atoms with Crippen molar-refractivity contribution in [2.24, 2.45) is 0 Å². The van der Waals surface area contributed by atoms with Gasteiger partial charge >= 0.3 is 5.97 Å². The Morgan fingerprint density at radius 3 is 2.40 bits per heavy atom. The summed E-state index contributed by atoms with van der Waals surface area (Å²) in [7, 11) is 0. The number of hydrogen-bond acceptors (Lipinski definition) is 6. The average molecular weight is 464 g/mol. The molecule has 9 heteroatoms. The maximum absolute atomic E-state index is 12.1. The van der Waals surface area contributed by atoms with Crippen LogP contribution in [0.3, 0.4) is 0 Å². The van der Waals surface area contributed by atoms with Crippen molar-refractivity contribution in [3.8, 4) is 5.75 Å². The topological polar surface area (TPSA) is 81.7 Å². The van der Waals surface area contributed by atoms with E-state index >= 15 is 0 Å². The van der Waals surface area contributed by atoms with Gasteiger partial charge in [0.25, 0.3) is 5.91 Å². The molecule has 1 N–H and O–H groups in total. The van der Waals surface area contributed by atoms with Crippen LogP contribution in [0.25, 0.3) is 0 Å². The van der Waals surface area contributed by atoms with E-state index in [4.69, 9.17) is 32.7 Å². The number of nitrogens with one attached hydrogen (secondary N) is 1. The molecule has 0 unspecified atom stereocenters. The number of carbonyl (C=O) groups excluding carboxylic acids is 3. The number of ketones is 1. The molecule has 1 aromatic heterocycles. The first-order valence-electron chi connectivity index (χ1n) is 8.64. The highest BCUT2D eigenvalue weighted by Gasteiger charge is 2.13. The molecule has 0 saturated heterocycles. The van der Waals surface area contributed by atoms with Crippen molar-refractivity contribution in [1.82, 2.24) is 0 Å². The quantitative estimate of drug-likeness (QED) is 0.370. The molecule has 0 aliphatic carbocycles. The van der Waals surface area contributed by atoms with Crippen LogP contribution in [0.4, 0.5) is 5.69 Å². The van der Waals surface area contributed by atoms with E-state index in [0.717, 1.165) is 0 Å². The van der Waals surface area contributed by atoms with Gasteiger partial charge in [-0.1, -0.05) is 29.3 Å². The first-order chi connectivity index (χ1) is 14.4. The lowest BCUT2D eigenvalue weighted by atomic mass is 10.2. The lowest BCUT2D eigenvalue weighted by Gasteiger charge is -2.09. The molecule has 154 valence electrons. The van der Waals surface area contributed by atoms with E-state index in [1.165, 1.54) is 29.5 Å². The molecule has 0 aliphatic heterocycles. The fourth-order valence-corrected chi connectivity index (χ4v) is 3.46. The van der Waals surface area contributed by atoms with Crippen LogP contribution in [-0.2, 0) is 9.53 Å². The second-order valence-electron chi connectivity index (χ2n) is 5.97. The molecule has 0 aliphatic rings. The molecule has 1 amide bonds. The molecule has 3 aromatic rings. The maximum Gasteiger partial charge on any atom is 0.338 e. The Hall–Kier alpha value is -2.87. The molecule has 0 bridgehead atoms. The fourth-order valence-electron chi connectivity index (χ4n) is 2.35. The lowest BCUT2D eigenvalue weighted by molar-refractivity contribution is -0.118. The summed E-state index contributed by atoms with van der Waals surface area (Å²) in [5.41, 5.74) is 0.730. The largest absolute Gasteiger partial charge is 0.482 e. The first-order valence-corrected chi connectivity index (χ1v) is 10.3. The summed E-state index contributed by atoms with van der Waals surface area (Å²) in [4.78, 5) is 36.5. The van der Waals surface area contributed by atoms with Gasteiger partial charge in [-0.2, -0.15) is 0 Å². The molecule has 6 nitrogen and oxygen atoms in total. The number of carbonyl (C=O) groups is 3. The second-order valence-corrected chi connectivity index (χ2v) is 7.76. The van der Waals surface area contributed by atoms with Crippen LogP contribution in [0.15, 0.2) is 60.0 Å². The second kappa shape index (κ2) is 10.2. The number of anilines is 1. The van der Waals surface area contributed by atoms with Crippen molar-refractivity contribution in [3.05, 3.63) is 80.5 Å². The standard InChI is InChI=1S/C21H15Cl2NO5S/c22-14-5-8-18(16(23)10-14)28-12-20(26)24-15-6-3-13(4-7-15)21(27)29-11-17(25)19-2-1-9-30-19/h1-10H,11-12H2,(H,24,26). The summed E-state index contributed by atoms with van der Waals surface area (Å²) in [5, 5.41) is 5.18. The van der Waals surface area contributed by atoms with Crippen molar-refractivity contribution in [3.63, 3.8) is 0 Å². The van der Waals surface area contributed by atoms with Crippen molar-refractivity contribution < 1.29 is 23.9 Å². The average Bonchev–Trinajstić information content (AvgIpc) is 3.27. The molecular formula is C21H15Cl2NO5S. The molecule has 30 heavy (non-hydrogen) atoms. The zero-order chi connectivity index (χ0) is 21.5. The lowest BCUT2D eigenvalue weighted by Crippen LogP contribution is -2.20. The van der Waals surface area contributed by atoms with Gasteiger partial charge in [-0.25, -0.2) is 4.79 Å². The highest BCUT2D eigenvalue weighted by Crippen LogP contribution is 2.27. The van der Waals surface area contributed by atoms with Gasteiger partial charge in [0, 0.05) is 10.7 Å². The minimum Gasteiger partial charge on any atom is -0.482 e. The number of benzene rings is 2. The van der Waals surface area contributed by atoms with Crippen LogP contribution in [0.5, 0.6) is 5.75 Å². The summed E-state index contributed by atoms with van der Waals surface area (Å²) >= 11 is 13.1.